The van der Waals surface area contributed by atoms with Gasteiger partial charge in [-0.3, -0.25) is 0 Å². The lowest BCUT2D eigenvalue weighted by Crippen LogP contribution is -1.94. The summed E-state index contributed by atoms with van der Waals surface area (Å²) in [7, 11) is 0. The van der Waals surface area contributed by atoms with Crippen LogP contribution in [0.1, 0.15) is 0 Å². The predicted molar refractivity (Wildman–Crippen MR) is 190 cm³/mol. The van der Waals surface area contributed by atoms with Crippen LogP contribution in [0.4, 0.5) is 0 Å². The monoisotopic (exact) mass is 588 g/mol. The van der Waals surface area contributed by atoms with Gasteiger partial charge in [-0.1, -0.05) is 72.8 Å². The molecule has 4 heterocycles. The summed E-state index contributed by atoms with van der Waals surface area (Å²) in [6.45, 7) is 0. The topological polar surface area (TPSA) is 36.1 Å². The number of nitrogens with zero attached hydrogens (tertiary/aromatic N) is 2. The van der Waals surface area contributed by atoms with Gasteiger partial charge in [-0.25, -0.2) is 0 Å². The Labute approximate surface area is 261 Å². The Hall–Kier alpha value is -6.26. The van der Waals surface area contributed by atoms with E-state index in [1.165, 1.54) is 43.6 Å². The van der Waals surface area contributed by atoms with Crippen LogP contribution in [-0.2, 0) is 0 Å². The van der Waals surface area contributed by atoms with E-state index >= 15 is 0 Å². The molecule has 0 unspecified atom stereocenters. The Morgan fingerprint density at radius 1 is 0.283 bits per heavy atom. The van der Waals surface area contributed by atoms with Crippen LogP contribution in [0.2, 0.25) is 0 Å². The van der Waals surface area contributed by atoms with E-state index in [2.05, 4.69) is 130 Å². The first kappa shape index (κ1) is 24.1. The van der Waals surface area contributed by atoms with Crippen LogP contribution >= 0.6 is 0 Å². The number of benzene rings is 7. The van der Waals surface area contributed by atoms with Gasteiger partial charge >= 0.3 is 0 Å². The molecular formula is C42H24N2O2. The predicted octanol–water partition coefficient (Wildman–Crippen LogP) is 11.7. The average Bonchev–Trinajstić information content (AvgIpc) is 3.84. The zero-order chi connectivity index (χ0) is 29.9. The van der Waals surface area contributed by atoms with E-state index in [1.54, 1.807) is 0 Å². The van der Waals surface area contributed by atoms with E-state index in [0.717, 1.165) is 55.3 Å². The molecule has 0 aliphatic heterocycles. The molecule has 4 nitrogen and oxygen atoms in total. The minimum atomic E-state index is 0.901. The number of rotatable bonds is 2. The second-order valence-corrected chi connectivity index (χ2v) is 12.1. The lowest BCUT2D eigenvalue weighted by Gasteiger charge is -2.10. The van der Waals surface area contributed by atoms with Gasteiger partial charge in [-0.05, 0) is 72.8 Å². The zero-order valence-corrected chi connectivity index (χ0v) is 24.6. The summed E-state index contributed by atoms with van der Waals surface area (Å²) in [5.74, 6) is 0. The maximum Gasteiger partial charge on any atom is 0.135 e. The average molecular weight is 589 g/mol. The lowest BCUT2D eigenvalue weighted by atomic mass is 10.1. The number of para-hydroxylation sites is 4. The highest BCUT2D eigenvalue weighted by molar-refractivity contribution is 6.19. The Morgan fingerprint density at radius 3 is 1.15 bits per heavy atom. The third-order valence-corrected chi connectivity index (χ3v) is 9.70. The fourth-order valence-corrected chi connectivity index (χ4v) is 7.69. The molecule has 0 amide bonds. The second-order valence-electron chi connectivity index (χ2n) is 12.1. The zero-order valence-electron chi connectivity index (χ0n) is 24.6. The van der Waals surface area contributed by atoms with Crippen molar-refractivity contribution < 1.29 is 8.83 Å². The van der Waals surface area contributed by atoms with Gasteiger partial charge in [0.1, 0.15) is 22.3 Å². The second kappa shape index (κ2) is 8.68. The molecule has 0 bridgehead atoms. The van der Waals surface area contributed by atoms with Crippen molar-refractivity contribution in [3.05, 3.63) is 146 Å². The van der Waals surface area contributed by atoms with Crippen LogP contribution in [0.25, 0.3) is 98.9 Å². The molecule has 0 radical (unpaired) electrons. The Balaban J connectivity index is 1.24. The first-order valence-electron chi connectivity index (χ1n) is 15.6. The van der Waals surface area contributed by atoms with Crippen LogP contribution in [0.5, 0.6) is 0 Å². The Kier molecular flexibility index (Phi) is 4.55. The van der Waals surface area contributed by atoms with Gasteiger partial charge in [0.05, 0.1) is 22.1 Å². The van der Waals surface area contributed by atoms with E-state index in [9.17, 15) is 0 Å². The van der Waals surface area contributed by atoms with Crippen molar-refractivity contribution in [1.82, 2.24) is 9.13 Å². The van der Waals surface area contributed by atoms with Gasteiger partial charge in [0.2, 0.25) is 0 Å². The molecule has 0 aliphatic rings. The van der Waals surface area contributed by atoms with Crippen molar-refractivity contribution >= 4 is 87.5 Å². The third-order valence-electron chi connectivity index (χ3n) is 9.70. The maximum absolute atomic E-state index is 6.18. The molecule has 214 valence electrons. The summed E-state index contributed by atoms with van der Waals surface area (Å²) in [6, 6.07) is 51.9. The largest absolute Gasteiger partial charge is 0.456 e. The van der Waals surface area contributed by atoms with Crippen LogP contribution in [0.15, 0.2) is 154 Å². The van der Waals surface area contributed by atoms with Crippen molar-refractivity contribution in [3.63, 3.8) is 0 Å². The number of furan rings is 2. The normalized spacial score (nSPS) is 12.3. The highest BCUT2D eigenvalue weighted by Crippen LogP contribution is 2.41. The summed E-state index contributed by atoms with van der Waals surface area (Å²) in [5.41, 5.74) is 10.6. The summed E-state index contributed by atoms with van der Waals surface area (Å²) in [4.78, 5) is 0. The van der Waals surface area contributed by atoms with Crippen molar-refractivity contribution in [2.45, 2.75) is 0 Å². The molecular weight excluding hydrogens is 564 g/mol. The first-order chi connectivity index (χ1) is 22.8. The molecule has 4 aromatic heterocycles. The minimum absolute atomic E-state index is 0.901. The van der Waals surface area contributed by atoms with E-state index < -0.39 is 0 Å². The first-order valence-corrected chi connectivity index (χ1v) is 15.6. The fraction of sp³-hybridized carbons (Fsp3) is 0. The van der Waals surface area contributed by atoms with Crippen LogP contribution < -0.4 is 0 Å². The summed E-state index contributed by atoms with van der Waals surface area (Å²) >= 11 is 0. The van der Waals surface area contributed by atoms with Gasteiger partial charge < -0.3 is 18.0 Å². The van der Waals surface area contributed by atoms with Gasteiger partial charge in [0, 0.05) is 54.5 Å². The Morgan fingerprint density at radius 2 is 0.674 bits per heavy atom. The van der Waals surface area contributed by atoms with E-state index in [-0.39, 0.29) is 0 Å². The van der Waals surface area contributed by atoms with Gasteiger partial charge in [-0.15, -0.1) is 0 Å². The molecule has 0 aliphatic carbocycles. The van der Waals surface area contributed by atoms with Gasteiger partial charge in [0.15, 0.2) is 0 Å². The molecule has 11 rings (SSSR count). The molecule has 11 aromatic rings. The number of fused-ring (bicyclic) bond motifs is 12. The molecule has 0 N–H and O–H groups in total. The third kappa shape index (κ3) is 3.12. The van der Waals surface area contributed by atoms with Crippen molar-refractivity contribution in [2.75, 3.05) is 0 Å². The molecule has 0 spiro atoms. The van der Waals surface area contributed by atoms with Crippen LogP contribution in [0.3, 0.4) is 0 Å². The molecule has 7 aromatic carbocycles. The SMILES string of the molecule is c1ccc2c(c1)oc1ccc(-n3c4ccccc4c4cc5c(cc43)c3ccccc3n5-c3ccc4oc5ccccc5c4c3)cc12. The molecule has 46 heavy (non-hydrogen) atoms. The van der Waals surface area contributed by atoms with Gasteiger partial charge in [0.25, 0.3) is 0 Å². The number of hydrogen-bond acceptors (Lipinski definition) is 2. The highest BCUT2D eigenvalue weighted by atomic mass is 16.3. The Bertz CT molecular complexity index is 2830. The molecule has 4 heteroatoms. The van der Waals surface area contributed by atoms with Crippen LogP contribution in [0, 0.1) is 0 Å². The molecule has 0 saturated heterocycles. The number of hydrogen-bond donors (Lipinski definition) is 0. The van der Waals surface area contributed by atoms with Crippen molar-refractivity contribution in [1.29, 1.82) is 0 Å². The maximum atomic E-state index is 6.18. The molecule has 0 saturated carbocycles. The summed E-state index contributed by atoms with van der Waals surface area (Å²) in [6.07, 6.45) is 0. The molecule has 0 fully saturated rings. The van der Waals surface area contributed by atoms with E-state index in [1.807, 2.05) is 24.3 Å². The van der Waals surface area contributed by atoms with E-state index in [0.29, 0.717) is 0 Å². The van der Waals surface area contributed by atoms with E-state index in [4.69, 9.17) is 8.83 Å². The quantitative estimate of drug-likeness (QED) is 0.201. The lowest BCUT2D eigenvalue weighted by molar-refractivity contribution is 0.668. The van der Waals surface area contributed by atoms with Crippen molar-refractivity contribution in [2.24, 2.45) is 0 Å². The number of aromatic nitrogens is 2. The standard InChI is InChI=1S/C42H24N2O2/c1-5-13-35-27(9-1)31-23-38-32(24-37(31)43(35)25-17-19-41-33(21-25)29-11-3-7-15-39(29)45-41)28-10-2-6-14-36(28)44(38)26-18-20-42-34(22-26)30-12-4-8-16-40(30)46-42/h1-24H. The fourth-order valence-electron chi connectivity index (χ4n) is 7.69. The smallest absolute Gasteiger partial charge is 0.135 e. The van der Waals surface area contributed by atoms with Crippen LogP contribution in [-0.4, -0.2) is 9.13 Å². The summed E-state index contributed by atoms with van der Waals surface area (Å²) < 4.78 is 17.2. The summed E-state index contributed by atoms with van der Waals surface area (Å²) in [5, 5.41) is 9.41. The van der Waals surface area contributed by atoms with Crippen molar-refractivity contribution in [3.8, 4) is 11.4 Å². The van der Waals surface area contributed by atoms with Gasteiger partial charge in [-0.2, -0.15) is 0 Å². The molecule has 0 atom stereocenters. The highest BCUT2D eigenvalue weighted by Gasteiger charge is 2.19. The minimum Gasteiger partial charge on any atom is -0.456 e.